The maximum Gasteiger partial charge on any atom is 0.315 e. The SMILES string of the molecule is CCC(CC(=O)O)NC(=O)NC1C(C)(C)C1(C)C. The summed E-state index contributed by atoms with van der Waals surface area (Å²) >= 11 is 0. The summed E-state index contributed by atoms with van der Waals surface area (Å²) in [6, 6.07) is -0.452. The third-order valence-corrected chi connectivity index (χ3v) is 4.55. The first kappa shape index (κ1) is 14.8. The molecule has 104 valence electrons. The van der Waals surface area contributed by atoms with Crippen LogP contribution in [0.4, 0.5) is 4.79 Å². The highest BCUT2D eigenvalue weighted by Crippen LogP contribution is 2.62. The highest BCUT2D eigenvalue weighted by Gasteiger charge is 2.65. The summed E-state index contributed by atoms with van der Waals surface area (Å²) in [4.78, 5) is 22.4. The summed E-state index contributed by atoms with van der Waals surface area (Å²) in [6.07, 6.45) is 0.568. The van der Waals surface area contributed by atoms with Gasteiger partial charge in [-0.05, 0) is 17.3 Å². The van der Waals surface area contributed by atoms with Crippen LogP contribution < -0.4 is 10.6 Å². The van der Waals surface area contributed by atoms with Crippen molar-refractivity contribution >= 4 is 12.0 Å². The van der Waals surface area contributed by atoms with Crippen molar-refractivity contribution in [2.75, 3.05) is 0 Å². The summed E-state index contributed by atoms with van der Waals surface area (Å²) in [5, 5.41) is 14.4. The minimum absolute atomic E-state index is 0.0403. The zero-order valence-electron chi connectivity index (χ0n) is 11.8. The lowest BCUT2D eigenvalue weighted by molar-refractivity contribution is -0.137. The van der Waals surface area contributed by atoms with Crippen LogP contribution >= 0.6 is 0 Å². The van der Waals surface area contributed by atoms with Crippen LogP contribution in [0.15, 0.2) is 0 Å². The van der Waals surface area contributed by atoms with E-state index < -0.39 is 5.97 Å². The Kier molecular flexibility index (Phi) is 3.93. The second kappa shape index (κ2) is 4.78. The maximum atomic E-state index is 11.8. The summed E-state index contributed by atoms with van der Waals surface area (Å²) < 4.78 is 0. The van der Waals surface area contributed by atoms with Crippen molar-refractivity contribution < 1.29 is 14.7 Å². The van der Waals surface area contributed by atoms with Crippen molar-refractivity contribution in [3.8, 4) is 0 Å². The fourth-order valence-electron chi connectivity index (χ4n) is 2.42. The Labute approximate surface area is 108 Å². The van der Waals surface area contributed by atoms with Crippen molar-refractivity contribution in [2.45, 2.75) is 59.5 Å². The first-order valence-electron chi connectivity index (χ1n) is 6.41. The Morgan fingerprint density at radius 3 is 2.06 bits per heavy atom. The van der Waals surface area contributed by atoms with Gasteiger partial charge in [0.25, 0.3) is 0 Å². The van der Waals surface area contributed by atoms with Gasteiger partial charge in [0.1, 0.15) is 0 Å². The van der Waals surface area contributed by atoms with Gasteiger partial charge in [-0.3, -0.25) is 4.79 Å². The van der Waals surface area contributed by atoms with Crippen LogP contribution in [0.2, 0.25) is 0 Å². The van der Waals surface area contributed by atoms with Crippen LogP contribution in [0.5, 0.6) is 0 Å². The highest BCUT2D eigenvalue weighted by atomic mass is 16.4. The molecule has 0 aromatic rings. The Morgan fingerprint density at radius 2 is 1.72 bits per heavy atom. The van der Waals surface area contributed by atoms with Crippen LogP contribution in [-0.4, -0.2) is 29.2 Å². The fraction of sp³-hybridized carbons (Fsp3) is 0.846. The number of carbonyl (C=O) groups is 2. The molecule has 0 aromatic heterocycles. The third-order valence-electron chi connectivity index (χ3n) is 4.55. The standard InChI is InChI=1S/C13H24N2O3/c1-6-8(7-9(16)17)14-11(18)15-10-12(2,3)13(10,4)5/h8,10H,6-7H2,1-5H3,(H,16,17)(H2,14,15,18). The summed E-state index contributed by atoms with van der Waals surface area (Å²) in [7, 11) is 0. The summed E-state index contributed by atoms with van der Waals surface area (Å²) in [5.41, 5.74) is 0.164. The van der Waals surface area contributed by atoms with E-state index in [4.69, 9.17) is 5.11 Å². The topological polar surface area (TPSA) is 78.4 Å². The van der Waals surface area contributed by atoms with Crippen LogP contribution in [0.1, 0.15) is 47.5 Å². The van der Waals surface area contributed by atoms with Gasteiger partial charge in [-0.25, -0.2) is 4.79 Å². The first-order valence-corrected chi connectivity index (χ1v) is 6.41. The normalized spacial score (nSPS) is 22.1. The van der Waals surface area contributed by atoms with E-state index in [0.717, 1.165) is 0 Å². The van der Waals surface area contributed by atoms with E-state index in [9.17, 15) is 9.59 Å². The van der Waals surface area contributed by atoms with Crippen molar-refractivity contribution in [1.82, 2.24) is 10.6 Å². The lowest BCUT2D eigenvalue weighted by Gasteiger charge is -2.16. The minimum Gasteiger partial charge on any atom is -0.481 e. The molecule has 0 aromatic carbocycles. The number of amides is 2. The van der Waals surface area contributed by atoms with Crippen molar-refractivity contribution in [3.63, 3.8) is 0 Å². The molecule has 1 unspecified atom stereocenters. The van der Waals surface area contributed by atoms with E-state index in [1.807, 2.05) is 6.92 Å². The van der Waals surface area contributed by atoms with Crippen molar-refractivity contribution in [2.24, 2.45) is 10.8 Å². The molecule has 5 heteroatoms. The van der Waals surface area contributed by atoms with Gasteiger partial charge in [0.2, 0.25) is 0 Å². The average molecular weight is 256 g/mol. The smallest absolute Gasteiger partial charge is 0.315 e. The molecule has 18 heavy (non-hydrogen) atoms. The molecule has 0 bridgehead atoms. The van der Waals surface area contributed by atoms with Gasteiger partial charge < -0.3 is 15.7 Å². The maximum absolute atomic E-state index is 11.8. The molecule has 1 atom stereocenters. The minimum atomic E-state index is -0.894. The van der Waals surface area contributed by atoms with Crippen LogP contribution in [0.25, 0.3) is 0 Å². The van der Waals surface area contributed by atoms with Crippen molar-refractivity contribution in [1.29, 1.82) is 0 Å². The Hall–Kier alpha value is -1.26. The molecular formula is C13H24N2O3. The molecule has 1 aliphatic rings. The van der Waals surface area contributed by atoms with E-state index in [1.54, 1.807) is 0 Å². The van der Waals surface area contributed by atoms with Gasteiger partial charge in [-0.15, -0.1) is 0 Å². The lowest BCUT2D eigenvalue weighted by Crippen LogP contribution is -2.44. The third kappa shape index (κ3) is 2.76. The Bertz CT molecular complexity index is 336. The number of carboxylic acid groups (broad SMARTS) is 1. The highest BCUT2D eigenvalue weighted by molar-refractivity contribution is 5.76. The molecule has 2 amide bonds. The molecule has 0 aliphatic heterocycles. The van der Waals surface area contributed by atoms with E-state index in [-0.39, 0.29) is 35.4 Å². The van der Waals surface area contributed by atoms with E-state index in [2.05, 4.69) is 38.3 Å². The summed E-state index contributed by atoms with van der Waals surface area (Å²) in [6.45, 7) is 10.3. The second-order valence-electron chi connectivity index (χ2n) is 6.20. The molecule has 1 rings (SSSR count). The first-order chi connectivity index (χ1) is 8.12. The Balaban J connectivity index is 2.46. The predicted octanol–water partition coefficient (Wildman–Crippen LogP) is 1.97. The van der Waals surface area contributed by atoms with Crippen LogP contribution in [0, 0.1) is 10.8 Å². The van der Waals surface area contributed by atoms with Gasteiger partial charge in [-0.1, -0.05) is 34.6 Å². The van der Waals surface area contributed by atoms with Gasteiger partial charge in [0, 0.05) is 12.1 Å². The van der Waals surface area contributed by atoms with E-state index in [0.29, 0.717) is 6.42 Å². The van der Waals surface area contributed by atoms with Crippen LogP contribution in [0.3, 0.4) is 0 Å². The largest absolute Gasteiger partial charge is 0.481 e. The molecule has 3 N–H and O–H groups in total. The van der Waals surface area contributed by atoms with Gasteiger partial charge >= 0.3 is 12.0 Å². The van der Waals surface area contributed by atoms with Gasteiger partial charge in [0.05, 0.1) is 6.42 Å². The quantitative estimate of drug-likeness (QED) is 0.703. The zero-order valence-corrected chi connectivity index (χ0v) is 11.8. The molecule has 0 heterocycles. The number of hydrogen-bond acceptors (Lipinski definition) is 2. The zero-order chi connectivity index (χ0) is 14.1. The van der Waals surface area contributed by atoms with E-state index in [1.165, 1.54) is 0 Å². The monoisotopic (exact) mass is 256 g/mol. The Morgan fingerprint density at radius 1 is 1.22 bits per heavy atom. The molecule has 1 aliphatic carbocycles. The molecular weight excluding hydrogens is 232 g/mol. The van der Waals surface area contributed by atoms with Crippen LogP contribution in [-0.2, 0) is 4.79 Å². The number of urea groups is 1. The van der Waals surface area contributed by atoms with Crippen molar-refractivity contribution in [3.05, 3.63) is 0 Å². The number of carboxylic acids is 1. The van der Waals surface area contributed by atoms with Gasteiger partial charge in [-0.2, -0.15) is 0 Å². The van der Waals surface area contributed by atoms with Gasteiger partial charge in [0.15, 0.2) is 0 Å². The fourth-order valence-corrected chi connectivity index (χ4v) is 2.42. The summed E-state index contributed by atoms with van der Waals surface area (Å²) in [5.74, 6) is -0.894. The number of nitrogens with one attached hydrogen (secondary N) is 2. The predicted molar refractivity (Wildman–Crippen MR) is 69.3 cm³/mol. The number of hydrogen-bond donors (Lipinski definition) is 3. The van der Waals surface area contributed by atoms with E-state index >= 15 is 0 Å². The second-order valence-corrected chi connectivity index (χ2v) is 6.20. The number of rotatable bonds is 5. The molecule has 1 fully saturated rings. The number of aliphatic carboxylic acids is 1. The molecule has 0 radical (unpaired) electrons. The average Bonchev–Trinajstić information content (AvgIpc) is 2.59. The number of carbonyl (C=O) groups excluding carboxylic acids is 1. The molecule has 5 nitrogen and oxygen atoms in total. The molecule has 1 saturated carbocycles. The molecule has 0 spiro atoms. The molecule has 0 saturated heterocycles. The lowest BCUT2D eigenvalue weighted by atomic mass is 10.0.